The minimum Gasteiger partial charge on any atom is -0.370 e. The van der Waals surface area contributed by atoms with E-state index in [0.717, 1.165) is 17.3 Å². The molecule has 8 heteroatoms. The molecule has 1 aliphatic rings. The molecule has 1 unspecified atom stereocenters. The predicted molar refractivity (Wildman–Crippen MR) is 72.9 cm³/mol. The first-order valence-electron chi connectivity index (χ1n) is 6.35. The fourth-order valence-corrected chi connectivity index (χ4v) is 2.66. The Bertz CT molecular complexity index is 441. The van der Waals surface area contributed by atoms with Crippen LogP contribution in [0.4, 0.5) is 19.0 Å². The van der Waals surface area contributed by atoms with Gasteiger partial charge in [-0.05, 0) is 25.1 Å². The summed E-state index contributed by atoms with van der Waals surface area (Å²) in [5.74, 6) is 0.948. The van der Waals surface area contributed by atoms with E-state index >= 15 is 0 Å². The molecule has 0 radical (unpaired) electrons. The highest BCUT2D eigenvalue weighted by molar-refractivity contribution is 7.98. The Kier molecular flexibility index (Phi) is 5.09. The van der Waals surface area contributed by atoms with Crippen LogP contribution in [0.25, 0.3) is 0 Å². The minimum absolute atomic E-state index is 0.227. The van der Waals surface area contributed by atoms with E-state index in [1.807, 2.05) is 12.3 Å². The Labute approximate surface area is 120 Å². The average molecular weight is 306 g/mol. The third kappa shape index (κ3) is 4.82. The summed E-state index contributed by atoms with van der Waals surface area (Å²) >= 11 is 1.52. The smallest absolute Gasteiger partial charge is 0.370 e. The normalized spacial score (nSPS) is 20.3. The van der Waals surface area contributed by atoms with Crippen LogP contribution < -0.4 is 5.32 Å². The second-order valence-corrected chi connectivity index (χ2v) is 5.66. The molecule has 1 N–H and O–H groups in total. The number of hydrogen-bond donors (Lipinski definition) is 1. The fourth-order valence-electron chi connectivity index (χ4n) is 2.27. The number of thioether (sulfide) groups is 1. The highest BCUT2D eigenvalue weighted by atomic mass is 32.2. The first-order chi connectivity index (χ1) is 9.46. The van der Waals surface area contributed by atoms with Crippen molar-refractivity contribution in [1.29, 1.82) is 0 Å². The largest absolute Gasteiger partial charge is 0.401 e. The lowest BCUT2D eigenvalue weighted by Gasteiger charge is -2.18. The lowest BCUT2D eigenvalue weighted by atomic mass is 10.1. The van der Waals surface area contributed by atoms with Gasteiger partial charge in [-0.1, -0.05) is 0 Å². The summed E-state index contributed by atoms with van der Waals surface area (Å²) in [4.78, 5) is 9.62. The highest BCUT2D eigenvalue weighted by Gasteiger charge is 2.34. The van der Waals surface area contributed by atoms with Crippen molar-refractivity contribution in [3.63, 3.8) is 0 Å². The first-order valence-corrected chi connectivity index (χ1v) is 7.58. The molecule has 0 saturated carbocycles. The van der Waals surface area contributed by atoms with Gasteiger partial charge in [0.05, 0.1) is 6.54 Å². The third-order valence-corrected chi connectivity index (χ3v) is 3.84. The summed E-state index contributed by atoms with van der Waals surface area (Å²) in [5, 5.41) is 4.04. The van der Waals surface area contributed by atoms with Crippen molar-refractivity contribution in [3.8, 4) is 0 Å². The zero-order valence-corrected chi connectivity index (χ0v) is 12.0. The maximum absolute atomic E-state index is 12.3. The van der Waals surface area contributed by atoms with E-state index in [9.17, 15) is 13.2 Å². The van der Waals surface area contributed by atoms with Gasteiger partial charge < -0.3 is 5.32 Å². The Morgan fingerprint density at radius 2 is 2.25 bits per heavy atom. The standard InChI is InChI=1S/C12H17F3N4S/c1-20-11-4-10(17-8-18-11)16-5-9-2-3-19(6-9)7-12(13,14)15/h4,8-9H,2-3,5-7H2,1H3,(H,16,17,18). The number of aromatic nitrogens is 2. The van der Waals surface area contributed by atoms with E-state index in [2.05, 4.69) is 15.3 Å². The monoisotopic (exact) mass is 306 g/mol. The van der Waals surface area contributed by atoms with Crippen LogP contribution in [0, 0.1) is 5.92 Å². The van der Waals surface area contributed by atoms with Crippen molar-refractivity contribution in [2.24, 2.45) is 5.92 Å². The van der Waals surface area contributed by atoms with Crippen molar-refractivity contribution >= 4 is 17.6 Å². The SMILES string of the molecule is CSc1cc(NCC2CCN(CC(F)(F)F)C2)ncn1. The number of nitrogens with one attached hydrogen (secondary N) is 1. The van der Waals surface area contributed by atoms with Gasteiger partial charge in [-0.3, -0.25) is 4.90 Å². The van der Waals surface area contributed by atoms with Crippen LogP contribution in [0.5, 0.6) is 0 Å². The number of anilines is 1. The van der Waals surface area contributed by atoms with Gasteiger partial charge in [0.1, 0.15) is 17.2 Å². The summed E-state index contributed by atoms with van der Waals surface area (Å²) in [6.07, 6.45) is 0.0860. The molecule has 0 aromatic carbocycles. The van der Waals surface area contributed by atoms with Gasteiger partial charge in [0.15, 0.2) is 0 Å². The van der Waals surface area contributed by atoms with E-state index < -0.39 is 12.7 Å². The van der Waals surface area contributed by atoms with Crippen molar-refractivity contribution in [1.82, 2.24) is 14.9 Å². The van der Waals surface area contributed by atoms with Crippen molar-refractivity contribution in [2.75, 3.05) is 37.8 Å². The van der Waals surface area contributed by atoms with Crippen molar-refractivity contribution in [3.05, 3.63) is 12.4 Å². The third-order valence-electron chi connectivity index (χ3n) is 3.20. The maximum atomic E-state index is 12.3. The molecule has 112 valence electrons. The number of alkyl halides is 3. The molecule has 0 amide bonds. The van der Waals surface area contributed by atoms with Crippen molar-refractivity contribution < 1.29 is 13.2 Å². The second-order valence-electron chi connectivity index (χ2n) is 4.83. The number of halogens is 3. The van der Waals surface area contributed by atoms with Gasteiger partial charge in [0.25, 0.3) is 0 Å². The molecule has 1 aromatic heterocycles. The second kappa shape index (κ2) is 6.62. The minimum atomic E-state index is -4.11. The van der Waals surface area contributed by atoms with Gasteiger partial charge in [0, 0.05) is 19.2 Å². The lowest BCUT2D eigenvalue weighted by Crippen LogP contribution is -2.33. The summed E-state index contributed by atoms with van der Waals surface area (Å²) < 4.78 is 36.9. The molecule has 2 rings (SSSR count). The number of hydrogen-bond acceptors (Lipinski definition) is 5. The molecule has 0 aliphatic carbocycles. The fraction of sp³-hybridized carbons (Fsp3) is 0.667. The number of rotatable bonds is 5. The maximum Gasteiger partial charge on any atom is 0.401 e. The van der Waals surface area contributed by atoms with E-state index in [-0.39, 0.29) is 5.92 Å². The van der Waals surface area contributed by atoms with E-state index in [4.69, 9.17) is 0 Å². The molecule has 1 fully saturated rings. The highest BCUT2D eigenvalue weighted by Crippen LogP contribution is 2.23. The van der Waals surface area contributed by atoms with Crippen LogP contribution in [-0.4, -0.2) is 53.5 Å². The molecule has 20 heavy (non-hydrogen) atoms. The molecule has 4 nitrogen and oxygen atoms in total. The molecule has 1 aromatic rings. The Hall–Kier alpha value is -1.02. The molecule has 1 aliphatic heterocycles. The molecular formula is C12H17F3N4S. The van der Waals surface area contributed by atoms with Crippen molar-refractivity contribution in [2.45, 2.75) is 17.6 Å². The summed E-state index contributed by atoms with van der Waals surface area (Å²) in [7, 11) is 0. The molecular weight excluding hydrogens is 289 g/mol. The van der Waals surface area contributed by atoms with Crippen LogP contribution in [0.2, 0.25) is 0 Å². The van der Waals surface area contributed by atoms with Crippen LogP contribution in [0.3, 0.4) is 0 Å². The van der Waals surface area contributed by atoms with E-state index in [0.29, 0.717) is 19.6 Å². The van der Waals surface area contributed by atoms with Gasteiger partial charge in [0.2, 0.25) is 0 Å². The predicted octanol–water partition coefficient (Wildman–Crippen LogP) is 2.49. The Morgan fingerprint density at radius 3 is 2.95 bits per heavy atom. The molecule has 2 heterocycles. The lowest BCUT2D eigenvalue weighted by molar-refractivity contribution is -0.143. The summed E-state index contributed by atoms with van der Waals surface area (Å²) in [5.41, 5.74) is 0. The van der Waals surface area contributed by atoms with Gasteiger partial charge in [-0.15, -0.1) is 11.8 Å². The Morgan fingerprint density at radius 1 is 1.45 bits per heavy atom. The topological polar surface area (TPSA) is 41.0 Å². The average Bonchev–Trinajstić information content (AvgIpc) is 2.82. The van der Waals surface area contributed by atoms with E-state index in [1.54, 1.807) is 0 Å². The zero-order chi connectivity index (χ0) is 14.6. The van der Waals surface area contributed by atoms with Gasteiger partial charge >= 0.3 is 6.18 Å². The first kappa shape index (κ1) is 15.4. The molecule has 0 spiro atoms. The quantitative estimate of drug-likeness (QED) is 0.668. The number of likely N-dealkylation sites (tertiary alicyclic amines) is 1. The van der Waals surface area contributed by atoms with Gasteiger partial charge in [-0.2, -0.15) is 13.2 Å². The van der Waals surface area contributed by atoms with Crippen LogP contribution in [0.1, 0.15) is 6.42 Å². The molecule has 0 bridgehead atoms. The van der Waals surface area contributed by atoms with Crippen LogP contribution >= 0.6 is 11.8 Å². The summed E-state index contributed by atoms with van der Waals surface area (Å²) in [6.45, 7) is 0.811. The van der Waals surface area contributed by atoms with E-state index in [1.165, 1.54) is 23.0 Å². The Balaban J connectivity index is 1.78. The van der Waals surface area contributed by atoms with Crippen LogP contribution in [0.15, 0.2) is 17.4 Å². The van der Waals surface area contributed by atoms with Gasteiger partial charge in [-0.25, -0.2) is 9.97 Å². The number of nitrogens with zero attached hydrogens (tertiary/aromatic N) is 3. The summed E-state index contributed by atoms with van der Waals surface area (Å²) in [6, 6.07) is 1.84. The molecule has 1 atom stereocenters. The zero-order valence-electron chi connectivity index (χ0n) is 11.2. The molecule has 1 saturated heterocycles. The van der Waals surface area contributed by atoms with Crippen LogP contribution in [-0.2, 0) is 0 Å².